The van der Waals surface area contributed by atoms with Gasteiger partial charge >= 0.3 is 5.69 Å². The van der Waals surface area contributed by atoms with Crippen molar-refractivity contribution in [3.63, 3.8) is 0 Å². The largest absolute Gasteiger partial charge is 0.867 e. The Morgan fingerprint density at radius 2 is 2.27 bits per heavy atom. The minimum Gasteiger partial charge on any atom is -0.867 e. The van der Waals surface area contributed by atoms with Crippen molar-refractivity contribution in [2.24, 2.45) is 0 Å². The smallest absolute Gasteiger partial charge is 0.377 e. The molecule has 0 spiro atoms. The van der Waals surface area contributed by atoms with Crippen molar-refractivity contribution < 1.29 is 9.84 Å². The van der Waals surface area contributed by atoms with E-state index in [-0.39, 0.29) is 11.4 Å². The van der Waals surface area contributed by atoms with Gasteiger partial charge in [-0.15, -0.1) is 0 Å². The lowest BCUT2D eigenvalue weighted by Crippen LogP contribution is -1.90. The van der Waals surface area contributed by atoms with Crippen LogP contribution in [-0.2, 0) is 0 Å². The first kappa shape index (κ1) is 7.35. The van der Waals surface area contributed by atoms with Crippen molar-refractivity contribution >= 4 is 5.69 Å². The van der Waals surface area contributed by atoms with Gasteiger partial charge in [-0.25, -0.2) is 0 Å². The fraction of sp³-hybridized carbons (Fsp3) is 0.143. The summed E-state index contributed by atoms with van der Waals surface area (Å²) in [6, 6.07) is 4.20. The summed E-state index contributed by atoms with van der Waals surface area (Å²) in [5, 5.41) is 19.2. The Morgan fingerprint density at radius 1 is 1.55 bits per heavy atom. The second kappa shape index (κ2) is 2.88. The van der Waals surface area contributed by atoms with Crippen molar-refractivity contribution in [1.82, 2.24) is 0 Å². The van der Waals surface area contributed by atoms with E-state index in [0.29, 0.717) is 5.75 Å². The van der Waals surface area contributed by atoms with Gasteiger partial charge in [0.25, 0.3) is 0 Å². The topological polar surface area (TPSA) is 60.4 Å². The molecule has 0 N–H and O–H groups in total. The van der Waals surface area contributed by atoms with Crippen LogP contribution < -0.4 is 9.84 Å². The molecule has 1 aromatic rings. The zero-order chi connectivity index (χ0) is 8.27. The van der Waals surface area contributed by atoms with Crippen LogP contribution in [0.15, 0.2) is 18.2 Å². The summed E-state index contributed by atoms with van der Waals surface area (Å²) in [4.78, 5) is 2.78. The van der Waals surface area contributed by atoms with E-state index in [1.54, 1.807) is 6.07 Å². The Bertz CT molecular complexity index is 304. The van der Waals surface area contributed by atoms with Crippen molar-refractivity contribution in [2.45, 2.75) is 0 Å². The molecular formula is C7H6N2O2. The molecule has 56 valence electrons. The molecule has 0 fully saturated rings. The first-order valence-electron chi connectivity index (χ1n) is 2.98. The standard InChI is InChI=1S/C7H6N2O2/c1-11-5-2-3-6(9-8)7(10)4-5/h2-4H,1H3. The fourth-order valence-corrected chi connectivity index (χ4v) is 0.704. The Balaban J connectivity index is 3.12. The molecule has 0 aromatic heterocycles. The fourth-order valence-electron chi connectivity index (χ4n) is 0.704. The molecule has 0 radical (unpaired) electrons. The maximum Gasteiger partial charge on any atom is 0.377 e. The molecule has 0 aliphatic heterocycles. The quantitative estimate of drug-likeness (QED) is 0.566. The van der Waals surface area contributed by atoms with Crippen LogP contribution in [0, 0.1) is 5.39 Å². The average molecular weight is 150 g/mol. The first-order chi connectivity index (χ1) is 5.27. The molecule has 11 heavy (non-hydrogen) atoms. The highest BCUT2D eigenvalue weighted by atomic mass is 16.5. The van der Waals surface area contributed by atoms with E-state index in [2.05, 4.69) is 4.98 Å². The van der Waals surface area contributed by atoms with Crippen molar-refractivity contribution in [3.05, 3.63) is 23.2 Å². The van der Waals surface area contributed by atoms with Crippen LogP contribution in [-0.4, -0.2) is 7.11 Å². The predicted molar refractivity (Wildman–Crippen MR) is 37.2 cm³/mol. The predicted octanol–water partition coefficient (Wildman–Crippen LogP) is 1.25. The summed E-state index contributed by atoms with van der Waals surface area (Å²) >= 11 is 0. The molecule has 1 aromatic carbocycles. The minimum absolute atomic E-state index is 0.0193. The number of hydrogen-bond donors (Lipinski definition) is 0. The second-order valence-electron chi connectivity index (χ2n) is 1.93. The monoisotopic (exact) mass is 150 g/mol. The lowest BCUT2D eigenvalue weighted by atomic mass is 10.3. The number of ether oxygens (including phenoxy) is 1. The van der Waals surface area contributed by atoms with Crippen LogP contribution in [0.1, 0.15) is 0 Å². The third-order valence-corrected chi connectivity index (χ3v) is 1.27. The highest BCUT2D eigenvalue weighted by molar-refractivity contribution is 5.57. The van der Waals surface area contributed by atoms with Gasteiger partial charge in [-0.05, 0) is 17.9 Å². The van der Waals surface area contributed by atoms with E-state index in [1.807, 2.05) is 0 Å². The van der Waals surface area contributed by atoms with Crippen LogP contribution >= 0.6 is 0 Å². The van der Waals surface area contributed by atoms with Gasteiger partial charge in [0.1, 0.15) is 5.75 Å². The molecule has 0 saturated heterocycles. The van der Waals surface area contributed by atoms with E-state index in [9.17, 15) is 5.11 Å². The van der Waals surface area contributed by atoms with Gasteiger partial charge in [-0.2, -0.15) is 0 Å². The van der Waals surface area contributed by atoms with Gasteiger partial charge in [-0.1, -0.05) is 0 Å². The highest BCUT2D eigenvalue weighted by Crippen LogP contribution is 2.27. The molecule has 0 bridgehead atoms. The van der Waals surface area contributed by atoms with Crippen LogP contribution in [0.5, 0.6) is 11.5 Å². The summed E-state index contributed by atoms with van der Waals surface area (Å²) < 4.78 is 4.77. The van der Waals surface area contributed by atoms with E-state index < -0.39 is 0 Å². The highest BCUT2D eigenvalue weighted by Gasteiger charge is 2.05. The maximum atomic E-state index is 10.9. The molecule has 0 saturated carbocycles. The molecule has 0 atom stereocenters. The van der Waals surface area contributed by atoms with Crippen molar-refractivity contribution in [2.75, 3.05) is 7.11 Å². The number of hydrogen-bond acceptors (Lipinski definition) is 3. The van der Waals surface area contributed by atoms with Gasteiger partial charge in [0.05, 0.1) is 7.11 Å². The summed E-state index contributed by atoms with van der Waals surface area (Å²) in [7, 11) is 1.46. The lowest BCUT2D eigenvalue weighted by molar-refractivity contribution is -0.267. The molecule has 0 heterocycles. The second-order valence-corrected chi connectivity index (χ2v) is 1.93. The molecule has 4 heteroatoms. The van der Waals surface area contributed by atoms with Crippen molar-refractivity contribution in [1.29, 1.82) is 5.39 Å². The van der Waals surface area contributed by atoms with E-state index in [0.717, 1.165) is 0 Å². The van der Waals surface area contributed by atoms with Gasteiger partial charge in [0.2, 0.25) is 5.39 Å². The summed E-state index contributed by atoms with van der Waals surface area (Å²) in [6.45, 7) is 0. The van der Waals surface area contributed by atoms with E-state index in [1.165, 1.54) is 19.2 Å². The molecule has 0 amide bonds. The van der Waals surface area contributed by atoms with E-state index >= 15 is 0 Å². The van der Waals surface area contributed by atoms with E-state index in [4.69, 9.17) is 10.1 Å². The Kier molecular flexibility index (Phi) is 1.93. The van der Waals surface area contributed by atoms with Gasteiger partial charge in [0.15, 0.2) is 4.98 Å². The zero-order valence-corrected chi connectivity index (χ0v) is 5.94. The minimum atomic E-state index is -0.355. The van der Waals surface area contributed by atoms with Crippen LogP contribution in [0.25, 0.3) is 4.98 Å². The van der Waals surface area contributed by atoms with Crippen LogP contribution in [0.3, 0.4) is 0 Å². The number of benzene rings is 1. The Hall–Kier alpha value is -1.76. The first-order valence-corrected chi connectivity index (χ1v) is 2.98. The molecule has 0 unspecified atom stereocenters. The zero-order valence-electron chi connectivity index (χ0n) is 5.94. The molecule has 0 aliphatic carbocycles. The maximum absolute atomic E-state index is 10.9. The normalized spacial score (nSPS) is 8.73. The van der Waals surface area contributed by atoms with Crippen LogP contribution in [0.2, 0.25) is 0 Å². The van der Waals surface area contributed by atoms with Gasteiger partial charge < -0.3 is 9.84 Å². The SMILES string of the molecule is COc1ccc([N+]#N)c([O-])c1. The number of methoxy groups -OCH3 is 1. The van der Waals surface area contributed by atoms with Gasteiger partial charge in [-0.3, -0.25) is 0 Å². The Labute approximate surface area is 63.7 Å². The number of diazo groups is 1. The summed E-state index contributed by atoms with van der Waals surface area (Å²) in [5.41, 5.74) is 0.0193. The molecule has 1 rings (SSSR count). The number of rotatable bonds is 1. The lowest BCUT2D eigenvalue weighted by Gasteiger charge is -2.02. The third-order valence-electron chi connectivity index (χ3n) is 1.27. The number of nitrogens with zero attached hydrogens (tertiary/aromatic N) is 2. The summed E-state index contributed by atoms with van der Waals surface area (Å²) in [6.07, 6.45) is 0. The van der Waals surface area contributed by atoms with Crippen LogP contribution in [0.4, 0.5) is 5.69 Å². The summed E-state index contributed by atoms with van der Waals surface area (Å²) in [5.74, 6) is 0.106. The molecular weight excluding hydrogens is 144 g/mol. The van der Waals surface area contributed by atoms with Crippen molar-refractivity contribution in [3.8, 4) is 11.5 Å². The molecule has 4 nitrogen and oxygen atoms in total. The van der Waals surface area contributed by atoms with Gasteiger partial charge in [0, 0.05) is 6.07 Å². The Morgan fingerprint density at radius 3 is 2.73 bits per heavy atom. The average Bonchev–Trinajstić information content (AvgIpc) is 2.04. The molecule has 0 aliphatic rings. The third kappa shape index (κ3) is 1.38.